The summed E-state index contributed by atoms with van der Waals surface area (Å²) in [5.74, 6) is -0.872. The van der Waals surface area contributed by atoms with E-state index in [1.807, 2.05) is 0 Å². The highest BCUT2D eigenvalue weighted by atomic mass is 19.4. The predicted octanol–water partition coefficient (Wildman–Crippen LogP) is 1.55. The fourth-order valence-electron chi connectivity index (χ4n) is 1.35. The zero-order valence-corrected chi connectivity index (χ0v) is 9.84. The summed E-state index contributed by atoms with van der Waals surface area (Å²) in [6, 6.07) is 0.355. The van der Waals surface area contributed by atoms with Gasteiger partial charge in [0.2, 0.25) is 11.9 Å². The van der Waals surface area contributed by atoms with E-state index < -0.39 is 23.3 Å². The summed E-state index contributed by atoms with van der Waals surface area (Å²) in [6.45, 7) is 3.12. The minimum atomic E-state index is -4.72. The molecule has 8 heteroatoms. The lowest BCUT2D eigenvalue weighted by molar-refractivity contribution is -0.141. The van der Waals surface area contributed by atoms with E-state index in [0.717, 1.165) is 4.90 Å². The molecule has 0 atom stereocenters. The summed E-state index contributed by atoms with van der Waals surface area (Å²) < 4.78 is 37.4. The SMILES string of the molecule is CCCN(C(C)=O)c1nc(C(F)(F)F)cc(=O)[nH]1. The highest BCUT2D eigenvalue weighted by Gasteiger charge is 2.34. The van der Waals surface area contributed by atoms with Crippen LogP contribution in [0.2, 0.25) is 0 Å². The van der Waals surface area contributed by atoms with Gasteiger partial charge in [0.1, 0.15) is 0 Å². The first kappa shape index (κ1) is 14.2. The maximum Gasteiger partial charge on any atom is 0.433 e. The van der Waals surface area contributed by atoms with Gasteiger partial charge in [-0.3, -0.25) is 19.5 Å². The summed E-state index contributed by atoms with van der Waals surface area (Å²) >= 11 is 0. The number of hydrogen-bond acceptors (Lipinski definition) is 3. The molecule has 0 radical (unpaired) electrons. The molecule has 1 amide bonds. The van der Waals surface area contributed by atoms with Crippen LogP contribution in [0.5, 0.6) is 0 Å². The number of nitrogens with one attached hydrogen (secondary N) is 1. The first-order valence-electron chi connectivity index (χ1n) is 5.22. The van der Waals surface area contributed by atoms with Crippen molar-refractivity contribution in [3.05, 3.63) is 22.1 Å². The Bertz CT molecular complexity index is 496. The van der Waals surface area contributed by atoms with Crippen LogP contribution in [-0.4, -0.2) is 22.4 Å². The average Bonchev–Trinajstić information content (AvgIpc) is 2.23. The van der Waals surface area contributed by atoms with Gasteiger partial charge in [0.25, 0.3) is 5.56 Å². The van der Waals surface area contributed by atoms with Crippen molar-refractivity contribution in [1.82, 2.24) is 9.97 Å². The third-order valence-corrected chi connectivity index (χ3v) is 2.10. The number of rotatable bonds is 3. The third kappa shape index (κ3) is 3.31. The molecule has 18 heavy (non-hydrogen) atoms. The first-order valence-corrected chi connectivity index (χ1v) is 5.22. The Labute approximate surface area is 101 Å². The Morgan fingerprint density at radius 2 is 2.11 bits per heavy atom. The van der Waals surface area contributed by atoms with E-state index in [0.29, 0.717) is 12.5 Å². The lowest BCUT2D eigenvalue weighted by Gasteiger charge is -2.19. The van der Waals surface area contributed by atoms with Gasteiger partial charge in [-0.2, -0.15) is 13.2 Å². The van der Waals surface area contributed by atoms with Crippen molar-refractivity contribution in [2.45, 2.75) is 26.4 Å². The van der Waals surface area contributed by atoms with E-state index in [2.05, 4.69) is 9.97 Å². The lowest BCUT2D eigenvalue weighted by Crippen LogP contribution is -2.33. The molecule has 0 fully saturated rings. The second-order valence-corrected chi connectivity index (χ2v) is 3.62. The highest BCUT2D eigenvalue weighted by molar-refractivity contribution is 5.89. The maximum absolute atomic E-state index is 12.5. The molecule has 100 valence electrons. The summed E-state index contributed by atoms with van der Waals surface area (Å²) in [6.07, 6.45) is -4.20. The normalized spacial score (nSPS) is 11.4. The summed E-state index contributed by atoms with van der Waals surface area (Å²) in [5.41, 5.74) is -2.27. The molecule has 0 aliphatic heterocycles. The Balaban J connectivity index is 3.28. The quantitative estimate of drug-likeness (QED) is 0.899. The Kier molecular flexibility index (Phi) is 4.10. The van der Waals surface area contributed by atoms with Crippen LogP contribution in [0.25, 0.3) is 0 Å². The molecule has 0 aromatic carbocycles. The number of H-pyrrole nitrogens is 1. The van der Waals surface area contributed by atoms with Crippen molar-refractivity contribution in [3.63, 3.8) is 0 Å². The van der Waals surface area contributed by atoms with Crippen molar-refractivity contribution in [2.75, 3.05) is 11.4 Å². The van der Waals surface area contributed by atoms with Gasteiger partial charge in [-0.15, -0.1) is 0 Å². The minimum absolute atomic E-state index is 0.180. The van der Waals surface area contributed by atoms with Crippen LogP contribution in [0.4, 0.5) is 19.1 Å². The van der Waals surface area contributed by atoms with Crippen LogP contribution in [0.1, 0.15) is 26.0 Å². The molecule has 1 aromatic rings. The number of aromatic nitrogens is 2. The van der Waals surface area contributed by atoms with Crippen molar-refractivity contribution >= 4 is 11.9 Å². The van der Waals surface area contributed by atoms with Crippen molar-refractivity contribution in [3.8, 4) is 0 Å². The molecule has 0 unspecified atom stereocenters. The topological polar surface area (TPSA) is 66.1 Å². The van der Waals surface area contributed by atoms with Gasteiger partial charge >= 0.3 is 6.18 Å². The molecule has 5 nitrogen and oxygen atoms in total. The molecule has 1 N–H and O–H groups in total. The van der Waals surface area contributed by atoms with Gasteiger partial charge in [0.05, 0.1) is 0 Å². The number of nitrogens with zero attached hydrogens (tertiary/aromatic N) is 2. The zero-order chi connectivity index (χ0) is 13.9. The summed E-state index contributed by atoms with van der Waals surface area (Å²) in [4.78, 5) is 28.8. The van der Waals surface area contributed by atoms with Crippen molar-refractivity contribution < 1.29 is 18.0 Å². The number of hydrogen-bond donors (Lipinski definition) is 1. The van der Waals surface area contributed by atoms with Crippen LogP contribution >= 0.6 is 0 Å². The molecule has 1 rings (SSSR count). The average molecular weight is 263 g/mol. The molecule has 0 aliphatic carbocycles. The predicted molar refractivity (Wildman–Crippen MR) is 58.2 cm³/mol. The van der Waals surface area contributed by atoms with Crippen LogP contribution < -0.4 is 10.5 Å². The Morgan fingerprint density at radius 1 is 1.50 bits per heavy atom. The molecule has 0 aliphatic rings. The minimum Gasteiger partial charge on any atom is -0.292 e. The molecule has 1 aromatic heterocycles. The third-order valence-electron chi connectivity index (χ3n) is 2.10. The second-order valence-electron chi connectivity index (χ2n) is 3.62. The van der Waals surface area contributed by atoms with Gasteiger partial charge in [-0.1, -0.05) is 6.92 Å². The van der Waals surface area contributed by atoms with Gasteiger partial charge in [-0.25, -0.2) is 4.98 Å². The maximum atomic E-state index is 12.5. The molecule has 0 bridgehead atoms. The van der Waals surface area contributed by atoms with E-state index in [9.17, 15) is 22.8 Å². The smallest absolute Gasteiger partial charge is 0.292 e. The lowest BCUT2D eigenvalue weighted by atomic mass is 10.4. The number of carbonyl (C=O) groups excluding carboxylic acids is 1. The Hall–Kier alpha value is -1.86. The van der Waals surface area contributed by atoms with Gasteiger partial charge in [0, 0.05) is 19.5 Å². The second kappa shape index (κ2) is 5.19. The number of carbonyl (C=O) groups is 1. The molecule has 1 heterocycles. The number of aromatic amines is 1. The van der Waals surface area contributed by atoms with Crippen molar-refractivity contribution in [1.29, 1.82) is 0 Å². The molecular formula is C10H12F3N3O2. The van der Waals surface area contributed by atoms with Crippen LogP contribution in [-0.2, 0) is 11.0 Å². The van der Waals surface area contributed by atoms with Gasteiger partial charge in [0.15, 0.2) is 5.69 Å². The number of anilines is 1. The number of amides is 1. The Morgan fingerprint density at radius 3 is 2.56 bits per heavy atom. The van der Waals surface area contributed by atoms with Crippen LogP contribution in [0, 0.1) is 0 Å². The largest absolute Gasteiger partial charge is 0.433 e. The van der Waals surface area contributed by atoms with E-state index >= 15 is 0 Å². The van der Waals surface area contributed by atoms with E-state index in [1.165, 1.54) is 6.92 Å². The monoisotopic (exact) mass is 263 g/mol. The van der Waals surface area contributed by atoms with E-state index in [1.54, 1.807) is 6.92 Å². The summed E-state index contributed by atoms with van der Waals surface area (Å²) in [7, 11) is 0. The highest BCUT2D eigenvalue weighted by Crippen LogP contribution is 2.27. The summed E-state index contributed by atoms with van der Waals surface area (Å²) in [5, 5.41) is 0. The van der Waals surface area contributed by atoms with Crippen molar-refractivity contribution in [2.24, 2.45) is 0 Å². The zero-order valence-electron chi connectivity index (χ0n) is 9.84. The number of halogens is 3. The van der Waals surface area contributed by atoms with Crippen LogP contribution in [0.15, 0.2) is 10.9 Å². The van der Waals surface area contributed by atoms with Gasteiger partial charge < -0.3 is 0 Å². The van der Waals surface area contributed by atoms with Crippen LogP contribution in [0.3, 0.4) is 0 Å². The fraction of sp³-hybridized carbons (Fsp3) is 0.500. The first-order chi connectivity index (χ1) is 8.25. The molecule has 0 saturated heterocycles. The standard InChI is InChI=1S/C10H12F3N3O2/c1-3-4-16(6(2)17)9-14-7(10(11,12)13)5-8(18)15-9/h5H,3-4H2,1-2H3,(H,14,15,18). The molecule has 0 saturated carbocycles. The van der Waals surface area contributed by atoms with E-state index in [-0.39, 0.29) is 12.5 Å². The van der Waals surface area contributed by atoms with Gasteiger partial charge in [-0.05, 0) is 6.42 Å². The number of alkyl halides is 3. The molecule has 0 spiro atoms. The molecular weight excluding hydrogens is 251 g/mol. The fourth-order valence-corrected chi connectivity index (χ4v) is 1.35. The van der Waals surface area contributed by atoms with E-state index in [4.69, 9.17) is 0 Å².